The van der Waals surface area contributed by atoms with Crippen LogP contribution in [0.5, 0.6) is 0 Å². The highest BCUT2D eigenvalue weighted by Gasteiger charge is 2.05. The maximum atomic E-state index is 9.95. The van der Waals surface area contributed by atoms with Gasteiger partial charge in [-0.05, 0) is 0 Å². The minimum absolute atomic E-state index is 0.0339. The molecule has 0 amide bonds. The van der Waals surface area contributed by atoms with Gasteiger partial charge in [0.1, 0.15) is 0 Å². The van der Waals surface area contributed by atoms with Crippen molar-refractivity contribution in [2.75, 3.05) is 13.7 Å². The number of ether oxygens (including phenoxy) is 1. The van der Waals surface area contributed by atoms with Crippen molar-refractivity contribution in [1.82, 2.24) is 0 Å². The fourth-order valence-corrected chi connectivity index (χ4v) is 0.497. The number of methoxy groups -OCH3 is 1. The van der Waals surface area contributed by atoms with E-state index in [9.17, 15) is 4.79 Å². The van der Waals surface area contributed by atoms with E-state index in [0.29, 0.717) is 6.61 Å². The van der Waals surface area contributed by atoms with Gasteiger partial charge in [0, 0.05) is 13.2 Å². The fourth-order valence-electron chi connectivity index (χ4n) is 0.497. The Kier molecular flexibility index (Phi) is 4.00. The first-order valence-electron chi connectivity index (χ1n) is 2.63. The quantitative estimate of drug-likeness (QED) is 0.539. The molecule has 0 spiro atoms. The van der Waals surface area contributed by atoms with Gasteiger partial charge in [-0.1, -0.05) is 0 Å². The molecule has 0 rings (SSSR count). The predicted molar refractivity (Wildman–Crippen MR) is 32.1 cm³/mol. The van der Waals surface area contributed by atoms with Crippen LogP contribution < -0.4 is 5.73 Å². The van der Waals surface area contributed by atoms with E-state index in [1.165, 1.54) is 7.11 Å². The Morgan fingerprint density at radius 2 is 2.44 bits per heavy atom. The van der Waals surface area contributed by atoms with Crippen molar-refractivity contribution in [3.05, 3.63) is 0 Å². The summed E-state index contributed by atoms with van der Waals surface area (Å²) in [4.78, 5) is 9.95. The second-order valence-corrected chi connectivity index (χ2v) is 1.81. The zero-order valence-electron chi connectivity index (χ0n) is 5.33. The van der Waals surface area contributed by atoms with Crippen LogP contribution >= 0.6 is 0 Å². The Bertz CT molecular complexity index is 94.2. The van der Waals surface area contributed by atoms with Gasteiger partial charge >= 0.3 is 5.97 Å². The average Bonchev–Trinajstić information content (AvgIpc) is 1.63. The van der Waals surface area contributed by atoms with E-state index in [4.69, 9.17) is 10.8 Å². The van der Waals surface area contributed by atoms with E-state index >= 15 is 0 Å². The van der Waals surface area contributed by atoms with E-state index < -0.39 is 5.97 Å². The molecule has 0 aromatic heterocycles. The SMILES string of the molecule is COCC(N)CC(=O)O. The molecule has 54 valence electrons. The second-order valence-electron chi connectivity index (χ2n) is 1.81. The number of carbonyl (C=O) groups is 1. The molecule has 4 heteroatoms. The Labute approximate surface area is 53.6 Å². The third kappa shape index (κ3) is 5.26. The molecule has 0 saturated carbocycles. The molecule has 0 aliphatic carbocycles. The van der Waals surface area contributed by atoms with Crippen LogP contribution in [0.2, 0.25) is 0 Å². The van der Waals surface area contributed by atoms with Crippen LogP contribution in [-0.2, 0) is 9.53 Å². The molecule has 4 nitrogen and oxygen atoms in total. The monoisotopic (exact) mass is 133 g/mol. The highest BCUT2D eigenvalue weighted by atomic mass is 16.5. The minimum Gasteiger partial charge on any atom is -0.481 e. The molecule has 0 bridgehead atoms. The second kappa shape index (κ2) is 4.29. The van der Waals surface area contributed by atoms with E-state index in [0.717, 1.165) is 0 Å². The van der Waals surface area contributed by atoms with Crippen LogP contribution in [0.25, 0.3) is 0 Å². The first-order valence-corrected chi connectivity index (χ1v) is 2.63. The van der Waals surface area contributed by atoms with Crippen LogP contribution in [0.1, 0.15) is 6.42 Å². The zero-order valence-corrected chi connectivity index (χ0v) is 5.33. The van der Waals surface area contributed by atoms with Crippen molar-refractivity contribution in [2.45, 2.75) is 12.5 Å². The summed E-state index contributed by atoms with van der Waals surface area (Å²) in [6.07, 6.45) is -0.0339. The van der Waals surface area contributed by atoms with E-state index in [-0.39, 0.29) is 12.5 Å². The van der Waals surface area contributed by atoms with Gasteiger partial charge in [-0.2, -0.15) is 0 Å². The maximum absolute atomic E-state index is 9.95. The van der Waals surface area contributed by atoms with Gasteiger partial charge in [-0.25, -0.2) is 0 Å². The summed E-state index contributed by atoms with van der Waals surface area (Å²) < 4.78 is 4.62. The summed E-state index contributed by atoms with van der Waals surface area (Å²) in [6, 6.07) is -0.382. The summed E-state index contributed by atoms with van der Waals surface area (Å²) in [5.41, 5.74) is 5.28. The first-order chi connectivity index (χ1) is 4.16. The average molecular weight is 133 g/mol. The molecule has 0 aliphatic heterocycles. The van der Waals surface area contributed by atoms with E-state index in [1.807, 2.05) is 0 Å². The molecule has 1 unspecified atom stereocenters. The van der Waals surface area contributed by atoms with Gasteiger partial charge < -0.3 is 15.6 Å². The Morgan fingerprint density at radius 1 is 1.89 bits per heavy atom. The van der Waals surface area contributed by atoms with Crippen molar-refractivity contribution < 1.29 is 14.6 Å². The highest BCUT2D eigenvalue weighted by Crippen LogP contribution is 1.86. The van der Waals surface area contributed by atoms with Crippen LogP contribution in [0.4, 0.5) is 0 Å². The number of rotatable bonds is 4. The van der Waals surface area contributed by atoms with Crippen LogP contribution in [0.3, 0.4) is 0 Å². The van der Waals surface area contributed by atoms with Gasteiger partial charge in [-0.15, -0.1) is 0 Å². The summed E-state index contributed by atoms with van der Waals surface area (Å²) in [5, 5.41) is 8.17. The molecule has 0 aromatic rings. The van der Waals surface area contributed by atoms with Crippen molar-refractivity contribution in [2.24, 2.45) is 5.73 Å². The minimum atomic E-state index is -0.889. The van der Waals surface area contributed by atoms with Crippen molar-refractivity contribution in [3.8, 4) is 0 Å². The van der Waals surface area contributed by atoms with Crippen molar-refractivity contribution in [1.29, 1.82) is 0 Å². The number of hydrogen-bond acceptors (Lipinski definition) is 3. The summed E-state index contributed by atoms with van der Waals surface area (Å²) in [7, 11) is 1.49. The van der Waals surface area contributed by atoms with Crippen LogP contribution in [0.15, 0.2) is 0 Å². The maximum Gasteiger partial charge on any atom is 0.305 e. The third-order valence-corrected chi connectivity index (χ3v) is 0.818. The molecule has 0 heterocycles. The summed E-state index contributed by atoms with van der Waals surface area (Å²) in [5.74, 6) is -0.889. The van der Waals surface area contributed by atoms with Gasteiger partial charge in [-0.3, -0.25) is 4.79 Å². The molecular formula is C5H11NO3. The topological polar surface area (TPSA) is 72.5 Å². The number of nitrogens with two attached hydrogens (primary N) is 1. The van der Waals surface area contributed by atoms with Crippen LogP contribution in [-0.4, -0.2) is 30.8 Å². The van der Waals surface area contributed by atoms with Crippen LogP contribution in [0, 0.1) is 0 Å². The fraction of sp³-hybridized carbons (Fsp3) is 0.800. The molecule has 1 atom stereocenters. The van der Waals surface area contributed by atoms with Gasteiger partial charge in [0.2, 0.25) is 0 Å². The van der Waals surface area contributed by atoms with E-state index in [2.05, 4.69) is 4.74 Å². The number of carboxylic acids is 1. The van der Waals surface area contributed by atoms with Crippen molar-refractivity contribution >= 4 is 5.97 Å². The summed E-state index contributed by atoms with van der Waals surface area (Å²) >= 11 is 0. The van der Waals surface area contributed by atoms with Gasteiger partial charge in [0.25, 0.3) is 0 Å². The Morgan fingerprint density at radius 3 is 2.78 bits per heavy atom. The van der Waals surface area contributed by atoms with Crippen molar-refractivity contribution in [3.63, 3.8) is 0 Å². The number of hydrogen-bond donors (Lipinski definition) is 2. The van der Waals surface area contributed by atoms with Gasteiger partial charge in [0.05, 0.1) is 13.0 Å². The molecule has 0 aromatic carbocycles. The zero-order chi connectivity index (χ0) is 7.28. The normalized spacial score (nSPS) is 13.1. The van der Waals surface area contributed by atoms with Gasteiger partial charge in [0.15, 0.2) is 0 Å². The number of carboxylic acid groups (broad SMARTS) is 1. The Balaban J connectivity index is 3.26. The lowest BCUT2D eigenvalue weighted by molar-refractivity contribution is -0.137. The molecule has 9 heavy (non-hydrogen) atoms. The smallest absolute Gasteiger partial charge is 0.305 e. The largest absolute Gasteiger partial charge is 0.481 e. The molecular weight excluding hydrogens is 122 g/mol. The highest BCUT2D eigenvalue weighted by molar-refractivity contribution is 5.67. The van der Waals surface area contributed by atoms with E-state index in [1.54, 1.807) is 0 Å². The predicted octanol–water partition coefficient (Wildman–Crippen LogP) is -0.565. The molecule has 0 fully saturated rings. The third-order valence-electron chi connectivity index (χ3n) is 0.818. The Hall–Kier alpha value is -0.610. The lowest BCUT2D eigenvalue weighted by Gasteiger charge is -2.04. The molecule has 3 N–H and O–H groups in total. The standard InChI is InChI=1S/C5H11NO3/c1-9-3-4(6)2-5(7)8/h4H,2-3,6H2,1H3,(H,7,8). The summed E-state index contributed by atoms with van der Waals surface area (Å²) in [6.45, 7) is 0.298. The molecule has 0 saturated heterocycles. The molecule has 0 aliphatic rings. The number of aliphatic carboxylic acids is 1. The lowest BCUT2D eigenvalue weighted by Crippen LogP contribution is -2.28. The lowest BCUT2D eigenvalue weighted by atomic mass is 10.2. The molecule has 0 radical (unpaired) electrons. The first kappa shape index (κ1) is 8.39.